The Bertz CT molecular complexity index is 758. The maximum absolute atomic E-state index is 12.4. The summed E-state index contributed by atoms with van der Waals surface area (Å²) in [6.45, 7) is -0.394. The van der Waals surface area contributed by atoms with Gasteiger partial charge in [0.15, 0.2) is 6.61 Å². The number of rotatable bonds is 7. The van der Waals surface area contributed by atoms with Gasteiger partial charge in [0.25, 0.3) is 5.91 Å². The molecule has 2 fully saturated rings. The number of thioether (sulfide) groups is 1. The molecule has 1 aliphatic carbocycles. The van der Waals surface area contributed by atoms with Crippen molar-refractivity contribution in [2.45, 2.75) is 37.0 Å². The minimum absolute atomic E-state index is 0.0143. The van der Waals surface area contributed by atoms with Crippen molar-refractivity contribution in [3.63, 3.8) is 0 Å². The highest BCUT2D eigenvalue weighted by Gasteiger charge is 2.47. The number of carbonyl (C=O) groups is 4. The second kappa shape index (κ2) is 9.23. The number of hydrogen-bond acceptors (Lipinski definition) is 6. The number of esters is 1. The minimum Gasteiger partial charge on any atom is -0.456 e. The Balaban J connectivity index is 1.44. The van der Waals surface area contributed by atoms with E-state index in [9.17, 15) is 19.2 Å². The van der Waals surface area contributed by atoms with Crippen molar-refractivity contribution in [2.75, 3.05) is 24.7 Å². The fourth-order valence-corrected chi connectivity index (χ4v) is 4.36. The number of carbonyl (C=O) groups excluding carboxylic acids is 4. The topological polar surface area (TPSA) is 92.8 Å². The molecule has 1 aromatic carbocycles. The zero-order valence-corrected chi connectivity index (χ0v) is 16.6. The number of hydrogen-bond donors (Lipinski definition) is 1. The highest BCUT2D eigenvalue weighted by atomic mass is 32.2. The van der Waals surface area contributed by atoms with Gasteiger partial charge in [-0.25, -0.2) is 0 Å². The van der Waals surface area contributed by atoms with Gasteiger partial charge in [0.1, 0.15) is 0 Å². The van der Waals surface area contributed by atoms with E-state index in [1.54, 1.807) is 6.07 Å². The number of imide groups is 1. The van der Waals surface area contributed by atoms with Crippen molar-refractivity contribution in [3.05, 3.63) is 24.3 Å². The molecule has 28 heavy (non-hydrogen) atoms. The minimum atomic E-state index is -0.608. The van der Waals surface area contributed by atoms with E-state index in [0.29, 0.717) is 5.69 Å². The summed E-state index contributed by atoms with van der Waals surface area (Å²) in [4.78, 5) is 50.8. The zero-order chi connectivity index (χ0) is 20.1. The molecule has 0 aromatic heterocycles. The molecule has 1 heterocycles. The second-order valence-corrected chi connectivity index (χ2v) is 7.83. The lowest BCUT2D eigenvalue weighted by molar-refractivity contribution is -0.148. The van der Waals surface area contributed by atoms with Crippen LogP contribution in [0.15, 0.2) is 29.2 Å². The van der Waals surface area contributed by atoms with E-state index >= 15 is 0 Å². The molecule has 1 aromatic rings. The summed E-state index contributed by atoms with van der Waals surface area (Å²) in [7, 11) is 0. The average Bonchev–Trinajstić information content (AvgIpc) is 2.95. The third-order valence-electron chi connectivity index (χ3n) is 5.22. The van der Waals surface area contributed by atoms with E-state index in [1.807, 2.05) is 24.5 Å². The highest BCUT2D eigenvalue weighted by Crippen LogP contribution is 2.37. The Morgan fingerprint density at radius 1 is 1.14 bits per heavy atom. The highest BCUT2D eigenvalue weighted by molar-refractivity contribution is 7.98. The summed E-state index contributed by atoms with van der Waals surface area (Å²) in [6.07, 6.45) is 5.21. The molecule has 3 rings (SSSR count). The third-order valence-corrected chi connectivity index (χ3v) is 6.01. The predicted molar refractivity (Wildman–Crippen MR) is 105 cm³/mol. The number of ether oxygens (including phenoxy) is 1. The summed E-state index contributed by atoms with van der Waals surface area (Å²) >= 11 is 1.50. The van der Waals surface area contributed by atoms with Crippen LogP contribution in [0.5, 0.6) is 0 Å². The van der Waals surface area contributed by atoms with Gasteiger partial charge in [0.2, 0.25) is 11.8 Å². The molecule has 2 atom stereocenters. The fourth-order valence-electron chi connectivity index (χ4n) is 3.81. The quantitative estimate of drug-likeness (QED) is 0.426. The number of fused-ring (bicyclic) bond motifs is 1. The number of likely N-dealkylation sites (tertiary alicyclic amines) is 1. The summed E-state index contributed by atoms with van der Waals surface area (Å²) < 4.78 is 4.99. The SMILES string of the molecule is CSc1ccccc1NC(=O)COC(=O)CCN1C(=O)[C@H]2CCCC[C@@H]2C1=O. The van der Waals surface area contributed by atoms with Gasteiger partial charge >= 0.3 is 5.97 Å². The lowest BCUT2D eigenvalue weighted by Crippen LogP contribution is -2.33. The van der Waals surface area contributed by atoms with Crippen molar-refractivity contribution in [3.8, 4) is 0 Å². The molecule has 1 saturated heterocycles. The van der Waals surface area contributed by atoms with Crippen molar-refractivity contribution < 1.29 is 23.9 Å². The van der Waals surface area contributed by atoms with Crippen LogP contribution in [0.1, 0.15) is 32.1 Å². The molecular weight excluding hydrogens is 380 g/mol. The smallest absolute Gasteiger partial charge is 0.308 e. The predicted octanol–water partition coefficient (Wildman–Crippen LogP) is 2.46. The largest absolute Gasteiger partial charge is 0.456 e. The Labute approximate surface area is 168 Å². The Morgan fingerprint density at radius 2 is 1.79 bits per heavy atom. The van der Waals surface area contributed by atoms with Crippen molar-refractivity contribution in [1.82, 2.24) is 4.90 Å². The van der Waals surface area contributed by atoms with E-state index in [4.69, 9.17) is 4.74 Å². The van der Waals surface area contributed by atoms with E-state index in [-0.39, 0.29) is 36.6 Å². The van der Waals surface area contributed by atoms with E-state index in [2.05, 4.69) is 5.32 Å². The van der Waals surface area contributed by atoms with Crippen molar-refractivity contribution >= 4 is 41.1 Å². The molecule has 0 radical (unpaired) electrons. The monoisotopic (exact) mass is 404 g/mol. The third kappa shape index (κ3) is 4.55. The first kappa shape index (κ1) is 20.4. The Hall–Kier alpha value is -2.35. The van der Waals surface area contributed by atoms with Gasteiger partial charge in [0.05, 0.1) is 23.9 Å². The van der Waals surface area contributed by atoms with Gasteiger partial charge in [-0.15, -0.1) is 11.8 Å². The fraction of sp³-hybridized carbons (Fsp3) is 0.500. The van der Waals surface area contributed by atoms with Gasteiger partial charge in [-0.3, -0.25) is 24.1 Å². The number of anilines is 1. The van der Waals surface area contributed by atoms with Crippen LogP contribution in [-0.4, -0.2) is 48.0 Å². The van der Waals surface area contributed by atoms with Gasteiger partial charge in [-0.1, -0.05) is 25.0 Å². The molecule has 1 N–H and O–H groups in total. The van der Waals surface area contributed by atoms with Crippen LogP contribution < -0.4 is 5.32 Å². The number of amides is 3. The molecule has 7 nitrogen and oxygen atoms in total. The van der Waals surface area contributed by atoms with Gasteiger partial charge in [0, 0.05) is 11.4 Å². The molecule has 8 heteroatoms. The number of nitrogens with one attached hydrogen (secondary N) is 1. The van der Waals surface area contributed by atoms with Crippen LogP contribution in [0.2, 0.25) is 0 Å². The maximum Gasteiger partial charge on any atom is 0.308 e. The summed E-state index contributed by atoms with van der Waals surface area (Å²) in [6, 6.07) is 7.34. The Morgan fingerprint density at radius 3 is 2.43 bits per heavy atom. The standard InChI is InChI=1S/C20H24N2O5S/c1-28-16-9-5-4-8-15(16)21-17(23)12-27-18(24)10-11-22-19(25)13-6-2-3-7-14(13)20(22)26/h4-5,8-9,13-14H,2-3,6-7,10-12H2,1H3,(H,21,23)/t13-,14-/m0/s1. The van der Waals surface area contributed by atoms with Gasteiger partial charge in [-0.05, 0) is 31.2 Å². The molecule has 0 spiro atoms. The molecule has 1 aliphatic heterocycles. The summed E-state index contributed by atoms with van der Waals surface area (Å²) in [5.74, 6) is -1.83. The summed E-state index contributed by atoms with van der Waals surface area (Å²) in [5.41, 5.74) is 0.659. The zero-order valence-electron chi connectivity index (χ0n) is 15.8. The number of benzene rings is 1. The van der Waals surface area contributed by atoms with E-state index < -0.39 is 18.5 Å². The van der Waals surface area contributed by atoms with Crippen LogP contribution in [-0.2, 0) is 23.9 Å². The normalized spacial score (nSPS) is 21.4. The first-order valence-corrected chi connectivity index (χ1v) is 10.7. The van der Waals surface area contributed by atoms with E-state index in [0.717, 1.165) is 30.6 Å². The van der Waals surface area contributed by atoms with Crippen LogP contribution >= 0.6 is 11.8 Å². The lowest BCUT2D eigenvalue weighted by atomic mass is 9.81. The molecule has 0 bridgehead atoms. The van der Waals surface area contributed by atoms with Crippen molar-refractivity contribution in [1.29, 1.82) is 0 Å². The Kier molecular flexibility index (Phi) is 6.72. The maximum atomic E-state index is 12.4. The van der Waals surface area contributed by atoms with Gasteiger partial charge in [-0.2, -0.15) is 0 Å². The first-order valence-electron chi connectivity index (χ1n) is 9.45. The van der Waals surface area contributed by atoms with Gasteiger partial charge < -0.3 is 10.1 Å². The van der Waals surface area contributed by atoms with E-state index in [1.165, 1.54) is 16.7 Å². The molecule has 150 valence electrons. The molecule has 3 amide bonds. The van der Waals surface area contributed by atoms with Crippen molar-refractivity contribution in [2.24, 2.45) is 11.8 Å². The first-order chi connectivity index (χ1) is 13.5. The van der Waals surface area contributed by atoms with Crippen LogP contribution in [0.4, 0.5) is 5.69 Å². The molecule has 1 saturated carbocycles. The van der Waals surface area contributed by atoms with Crippen LogP contribution in [0, 0.1) is 11.8 Å². The number of nitrogens with zero attached hydrogens (tertiary/aromatic N) is 1. The van der Waals surface area contributed by atoms with Crippen LogP contribution in [0.25, 0.3) is 0 Å². The lowest BCUT2D eigenvalue weighted by Gasteiger charge is -2.19. The summed E-state index contributed by atoms with van der Waals surface area (Å²) in [5, 5.41) is 2.71. The second-order valence-electron chi connectivity index (χ2n) is 6.98. The van der Waals surface area contributed by atoms with Crippen LogP contribution in [0.3, 0.4) is 0 Å². The molecule has 0 unspecified atom stereocenters. The average molecular weight is 404 g/mol. The molecular formula is C20H24N2O5S. The molecule has 2 aliphatic rings. The number of para-hydroxylation sites is 1.